The predicted molar refractivity (Wildman–Crippen MR) is 64.4 cm³/mol. The van der Waals surface area contributed by atoms with Crippen molar-refractivity contribution >= 4 is 5.69 Å². The van der Waals surface area contributed by atoms with Crippen LogP contribution in [0.2, 0.25) is 0 Å². The first kappa shape index (κ1) is 13.4. The molecule has 0 amide bonds. The van der Waals surface area contributed by atoms with Gasteiger partial charge in [0.1, 0.15) is 5.75 Å². The summed E-state index contributed by atoms with van der Waals surface area (Å²) in [5.74, 6) is 0.399. The van der Waals surface area contributed by atoms with Gasteiger partial charge in [-0.2, -0.15) is 0 Å². The molecule has 1 aromatic carbocycles. The van der Waals surface area contributed by atoms with Gasteiger partial charge < -0.3 is 9.84 Å². The van der Waals surface area contributed by atoms with E-state index in [1.165, 1.54) is 12.1 Å². The van der Waals surface area contributed by atoms with Gasteiger partial charge in [0.05, 0.1) is 11.0 Å². The Morgan fingerprint density at radius 2 is 2.06 bits per heavy atom. The minimum Gasteiger partial charge on any atom is -0.491 e. The molecule has 5 nitrogen and oxygen atoms in total. The number of hydrogen-bond donors (Lipinski definition) is 1. The van der Waals surface area contributed by atoms with Crippen molar-refractivity contribution in [2.75, 3.05) is 6.61 Å². The van der Waals surface area contributed by atoms with E-state index >= 15 is 0 Å². The van der Waals surface area contributed by atoms with Gasteiger partial charge in [0.15, 0.2) is 0 Å². The molecule has 0 radical (unpaired) electrons. The molecule has 0 saturated heterocycles. The molecule has 0 aliphatic rings. The number of ether oxygens (including phenoxy) is 1. The van der Waals surface area contributed by atoms with Crippen molar-refractivity contribution in [3.05, 3.63) is 33.9 Å². The van der Waals surface area contributed by atoms with Crippen LogP contribution in [-0.4, -0.2) is 22.7 Å². The number of nitro groups is 1. The molecule has 0 aliphatic heterocycles. The molecular formula is C12H17NO4. The number of aliphatic hydroxyl groups is 1. The van der Waals surface area contributed by atoms with Crippen LogP contribution >= 0.6 is 0 Å². The van der Waals surface area contributed by atoms with Crippen molar-refractivity contribution in [1.82, 2.24) is 0 Å². The predicted octanol–water partition coefficient (Wildman–Crippen LogP) is 2.48. The summed E-state index contributed by atoms with van der Waals surface area (Å²) in [6, 6.07) is 4.45. The first-order valence-electron chi connectivity index (χ1n) is 5.51. The zero-order chi connectivity index (χ0) is 13.0. The molecule has 0 fully saturated rings. The highest BCUT2D eigenvalue weighted by atomic mass is 16.6. The summed E-state index contributed by atoms with van der Waals surface area (Å²) in [5, 5.41) is 19.9. The lowest BCUT2D eigenvalue weighted by Gasteiger charge is -2.17. The zero-order valence-electron chi connectivity index (χ0n) is 10.2. The second-order valence-corrected chi connectivity index (χ2v) is 4.23. The van der Waals surface area contributed by atoms with Crippen LogP contribution in [0.5, 0.6) is 5.75 Å². The van der Waals surface area contributed by atoms with Gasteiger partial charge >= 0.3 is 0 Å². The average molecular weight is 239 g/mol. The first-order valence-corrected chi connectivity index (χ1v) is 5.51. The van der Waals surface area contributed by atoms with Crippen LogP contribution in [0.4, 0.5) is 5.69 Å². The molecular weight excluding hydrogens is 222 g/mol. The van der Waals surface area contributed by atoms with Crippen LogP contribution in [0.25, 0.3) is 0 Å². The van der Waals surface area contributed by atoms with Gasteiger partial charge in [0.2, 0.25) is 0 Å². The van der Waals surface area contributed by atoms with Crippen LogP contribution < -0.4 is 4.74 Å². The Hall–Kier alpha value is -1.62. The molecule has 1 N–H and O–H groups in total. The van der Waals surface area contributed by atoms with Crippen molar-refractivity contribution < 1.29 is 14.8 Å². The summed E-state index contributed by atoms with van der Waals surface area (Å²) in [4.78, 5) is 10.2. The first-order chi connectivity index (χ1) is 7.95. The Kier molecular flexibility index (Phi) is 4.45. The largest absolute Gasteiger partial charge is 0.491 e. The number of nitrogens with zero attached hydrogens (tertiary/aromatic N) is 1. The number of non-ortho nitro benzene ring substituents is 1. The van der Waals surface area contributed by atoms with Crippen LogP contribution in [0, 0.1) is 10.1 Å². The number of hydrogen-bond acceptors (Lipinski definition) is 4. The summed E-state index contributed by atoms with van der Waals surface area (Å²) in [5.41, 5.74) is 0.673. The fourth-order valence-corrected chi connectivity index (χ4v) is 1.49. The maximum atomic E-state index is 10.7. The summed E-state index contributed by atoms with van der Waals surface area (Å²) in [6.07, 6.45) is -0.0129. The fraction of sp³-hybridized carbons (Fsp3) is 0.500. The standard InChI is InChI=1S/C12H17NO4/c1-8(2)17-12-5-4-10(13(15)16)6-11(12)9(3)7-14/h4-6,8-9,14H,7H2,1-3H3. The Labute approximate surface area is 100 Å². The van der Waals surface area contributed by atoms with Crippen LogP contribution in [0.15, 0.2) is 18.2 Å². The van der Waals surface area contributed by atoms with Crippen LogP contribution in [0.1, 0.15) is 32.3 Å². The third kappa shape index (κ3) is 3.42. The van der Waals surface area contributed by atoms with E-state index in [4.69, 9.17) is 9.84 Å². The number of aliphatic hydroxyl groups excluding tert-OH is 1. The van der Waals surface area contributed by atoms with Crippen molar-refractivity contribution in [1.29, 1.82) is 0 Å². The fourth-order valence-electron chi connectivity index (χ4n) is 1.49. The van der Waals surface area contributed by atoms with Crippen molar-refractivity contribution in [2.24, 2.45) is 0 Å². The third-order valence-corrected chi connectivity index (χ3v) is 2.37. The normalized spacial score (nSPS) is 12.5. The summed E-state index contributed by atoms with van der Waals surface area (Å²) >= 11 is 0. The van der Waals surface area contributed by atoms with Gasteiger partial charge in [0.25, 0.3) is 5.69 Å². The molecule has 0 aliphatic carbocycles. The highest BCUT2D eigenvalue weighted by Gasteiger charge is 2.17. The molecule has 5 heteroatoms. The van der Waals surface area contributed by atoms with E-state index in [9.17, 15) is 10.1 Å². The lowest BCUT2D eigenvalue weighted by molar-refractivity contribution is -0.385. The van der Waals surface area contributed by atoms with E-state index < -0.39 is 4.92 Å². The highest BCUT2D eigenvalue weighted by molar-refractivity contribution is 5.45. The van der Waals surface area contributed by atoms with Crippen molar-refractivity contribution in [3.63, 3.8) is 0 Å². The maximum absolute atomic E-state index is 10.7. The lowest BCUT2D eigenvalue weighted by atomic mass is 10.0. The minimum absolute atomic E-state index is 0.0106. The number of nitro benzene ring substituents is 1. The SMILES string of the molecule is CC(C)Oc1ccc([N+](=O)[O-])cc1C(C)CO. The Balaban J connectivity index is 3.16. The van der Waals surface area contributed by atoms with Crippen molar-refractivity contribution in [2.45, 2.75) is 32.8 Å². The Morgan fingerprint density at radius 1 is 1.41 bits per heavy atom. The van der Waals surface area contributed by atoms with E-state index in [0.717, 1.165) is 0 Å². The molecule has 0 spiro atoms. The third-order valence-electron chi connectivity index (χ3n) is 2.37. The number of benzene rings is 1. The van der Waals surface area contributed by atoms with Gasteiger partial charge in [-0.25, -0.2) is 0 Å². The molecule has 0 saturated carbocycles. The quantitative estimate of drug-likeness (QED) is 0.632. The molecule has 0 heterocycles. The van der Waals surface area contributed by atoms with E-state index in [2.05, 4.69) is 0 Å². The smallest absolute Gasteiger partial charge is 0.269 e. The second kappa shape index (κ2) is 5.63. The van der Waals surface area contributed by atoms with Gasteiger partial charge in [0, 0.05) is 30.2 Å². The topological polar surface area (TPSA) is 72.6 Å². The highest BCUT2D eigenvalue weighted by Crippen LogP contribution is 2.30. The monoisotopic (exact) mass is 239 g/mol. The number of rotatable bonds is 5. The zero-order valence-corrected chi connectivity index (χ0v) is 10.2. The molecule has 1 unspecified atom stereocenters. The van der Waals surface area contributed by atoms with Gasteiger partial charge in [-0.3, -0.25) is 10.1 Å². The van der Waals surface area contributed by atoms with Crippen LogP contribution in [-0.2, 0) is 0 Å². The molecule has 0 aromatic heterocycles. The van der Waals surface area contributed by atoms with E-state index in [1.807, 2.05) is 13.8 Å². The van der Waals surface area contributed by atoms with Gasteiger partial charge in [-0.15, -0.1) is 0 Å². The van der Waals surface area contributed by atoms with Gasteiger partial charge in [-0.05, 0) is 19.9 Å². The molecule has 1 aromatic rings. The average Bonchev–Trinajstić information content (AvgIpc) is 2.27. The summed E-state index contributed by atoms with van der Waals surface area (Å²) in [7, 11) is 0. The minimum atomic E-state index is -0.452. The van der Waals surface area contributed by atoms with Crippen LogP contribution in [0.3, 0.4) is 0 Å². The molecule has 1 atom stereocenters. The maximum Gasteiger partial charge on any atom is 0.269 e. The lowest BCUT2D eigenvalue weighted by Crippen LogP contribution is -2.10. The molecule has 0 bridgehead atoms. The molecule has 94 valence electrons. The molecule has 17 heavy (non-hydrogen) atoms. The Morgan fingerprint density at radius 3 is 2.53 bits per heavy atom. The Bertz CT molecular complexity index is 403. The van der Waals surface area contributed by atoms with E-state index in [-0.39, 0.29) is 24.3 Å². The van der Waals surface area contributed by atoms with Crippen molar-refractivity contribution in [3.8, 4) is 5.75 Å². The summed E-state index contributed by atoms with van der Waals surface area (Å²) < 4.78 is 5.57. The molecule has 1 rings (SSSR count). The second-order valence-electron chi connectivity index (χ2n) is 4.23. The summed E-state index contributed by atoms with van der Waals surface area (Å²) in [6.45, 7) is 5.49. The van der Waals surface area contributed by atoms with E-state index in [1.54, 1.807) is 13.0 Å². The van der Waals surface area contributed by atoms with Gasteiger partial charge in [-0.1, -0.05) is 6.92 Å². The van der Waals surface area contributed by atoms with E-state index in [0.29, 0.717) is 11.3 Å².